The molecule has 0 amide bonds. The third-order valence-corrected chi connectivity index (χ3v) is 3.01. The van der Waals surface area contributed by atoms with E-state index in [1.54, 1.807) is 6.07 Å². The lowest BCUT2D eigenvalue weighted by molar-refractivity contribution is 0.471. The van der Waals surface area contributed by atoms with Crippen LogP contribution in [0.15, 0.2) is 18.2 Å². The first-order valence-corrected chi connectivity index (χ1v) is 5.56. The summed E-state index contributed by atoms with van der Waals surface area (Å²) in [5.74, 6) is 0.367. The van der Waals surface area contributed by atoms with E-state index in [0.29, 0.717) is 9.67 Å². The smallest absolute Gasteiger partial charge is 0.128 e. The molecule has 0 aromatic heterocycles. The Labute approximate surface area is 93.5 Å². The molecule has 0 fully saturated rings. The van der Waals surface area contributed by atoms with Crippen molar-refractivity contribution < 1.29 is 5.11 Å². The molecule has 1 N–H and O–H groups in total. The van der Waals surface area contributed by atoms with Crippen molar-refractivity contribution in [1.29, 1.82) is 0 Å². The van der Waals surface area contributed by atoms with Crippen LogP contribution in [0.3, 0.4) is 0 Å². The zero-order chi connectivity index (χ0) is 8.43. The second-order valence-corrected chi connectivity index (χ2v) is 5.36. The molecule has 3 heteroatoms. The van der Waals surface area contributed by atoms with Crippen molar-refractivity contribution in [3.8, 4) is 5.75 Å². The van der Waals surface area contributed by atoms with Crippen LogP contribution in [0.1, 0.15) is 16.4 Å². The second-order valence-electron chi connectivity index (χ2n) is 2.33. The molecule has 11 heavy (non-hydrogen) atoms. The van der Waals surface area contributed by atoms with Crippen LogP contribution in [0.5, 0.6) is 5.75 Å². The summed E-state index contributed by atoms with van der Waals surface area (Å²) in [7, 11) is 0. The highest BCUT2D eigenvalue weighted by Crippen LogP contribution is 2.27. The maximum atomic E-state index is 9.22. The van der Waals surface area contributed by atoms with E-state index in [1.165, 1.54) is 5.56 Å². The summed E-state index contributed by atoms with van der Waals surface area (Å²) in [5, 5.41) is 9.22. The van der Waals surface area contributed by atoms with Gasteiger partial charge in [0, 0.05) is 3.92 Å². The van der Waals surface area contributed by atoms with Crippen LogP contribution in [0, 0.1) is 3.57 Å². The Morgan fingerprint density at radius 2 is 2.09 bits per heavy atom. The number of hydrogen-bond acceptors (Lipinski definition) is 1. The van der Waals surface area contributed by atoms with E-state index >= 15 is 0 Å². The van der Waals surface area contributed by atoms with Crippen molar-refractivity contribution in [3.63, 3.8) is 0 Å². The molecule has 1 unspecified atom stereocenters. The quantitative estimate of drug-likeness (QED) is 0.590. The molecular weight excluding hydrogens is 366 g/mol. The number of benzene rings is 1. The molecule has 1 atom stereocenters. The molecule has 0 bridgehead atoms. The summed E-state index contributed by atoms with van der Waals surface area (Å²) in [6.45, 7) is 2.13. The van der Waals surface area contributed by atoms with Gasteiger partial charge >= 0.3 is 0 Å². The summed E-state index contributed by atoms with van der Waals surface area (Å²) >= 11 is 4.48. The first kappa shape index (κ1) is 9.57. The van der Waals surface area contributed by atoms with E-state index in [0.717, 1.165) is 3.57 Å². The molecule has 0 radical (unpaired) electrons. The fraction of sp³-hybridized carbons (Fsp3) is 0.250. The fourth-order valence-electron chi connectivity index (χ4n) is 0.771. The van der Waals surface area contributed by atoms with E-state index in [-0.39, 0.29) is 0 Å². The van der Waals surface area contributed by atoms with Crippen molar-refractivity contribution >= 4 is 45.2 Å². The largest absolute Gasteiger partial charge is 0.507 e. The van der Waals surface area contributed by atoms with Gasteiger partial charge in [0.25, 0.3) is 0 Å². The van der Waals surface area contributed by atoms with Gasteiger partial charge in [-0.05, 0) is 47.2 Å². The normalized spacial score (nSPS) is 13.0. The first-order valence-electron chi connectivity index (χ1n) is 3.23. The average Bonchev–Trinajstić information content (AvgIpc) is 1.94. The van der Waals surface area contributed by atoms with Gasteiger partial charge in [0.15, 0.2) is 0 Å². The molecule has 1 nitrogen and oxygen atoms in total. The third-order valence-electron chi connectivity index (χ3n) is 1.43. The monoisotopic (exact) mass is 374 g/mol. The minimum Gasteiger partial charge on any atom is -0.507 e. The molecule has 60 valence electrons. The maximum Gasteiger partial charge on any atom is 0.128 e. The van der Waals surface area contributed by atoms with Crippen LogP contribution >= 0.6 is 45.2 Å². The second kappa shape index (κ2) is 3.93. The number of halogens is 2. The Kier molecular flexibility index (Phi) is 3.42. The van der Waals surface area contributed by atoms with Gasteiger partial charge in [0.1, 0.15) is 5.75 Å². The number of phenolic OH excluding ortho intramolecular Hbond substituents is 1. The lowest BCUT2D eigenvalue weighted by atomic mass is 10.2. The molecule has 0 spiro atoms. The highest BCUT2D eigenvalue weighted by Gasteiger charge is 2.02. The van der Waals surface area contributed by atoms with Gasteiger partial charge < -0.3 is 5.11 Å². The topological polar surface area (TPSA) is 20.2 Å². The zero-order valence-electron chi connectivity index (χ0n) is 6.01. The van der Waals surface area contributed by atoms with Gasteiger partial charge in [0.2, 0.25) is 0 Å². The van der Waals surface area contributed by atoms with Crippen LogP contribution in [-0.4, -0.2) is 5.11 Å². The predicted molar refractivity (Wildman–Crippen MR) is 63.3 cm³/mol. The minimum absolute atomic E-state index is 0.367. The van der Waals surface area contributed by atoms with Gasteiger partial charge in [-0.25, -0.2) is 0 Å². The first-order chi connectivity index (χ1) is 5.11. The molecule has 1 rings (SSSR count). The van der Waals surface area contributed by atoms with Gasteiger partial charge in [-0.1, -0.05) is 28.7 Å². The Morgan fingerprint density at radius 3 is 2.55 bits per heavy atom. The Morgan fingerprint density at radius 1 is 1.45 bits per heavy atom. The number of rotatable bonds is 1. The van der Waals surface area contributed by atoms with Crippen molar-refractivity contribution in [2.45, 2.75) is 10.8 Å². The summed E-state index contributed by atoms with van der Waals surface area (Å²) in [6.07, 6.45) is 0. The lowest BCUT2D eigenvalue weighted by Crippen LogP contribution is -1.84. The summed E-state index contributed by atoms with van der Waals surface area (Å²) in [4.78, 5) is 0. The predicted octanol–water partition coefficient (Wildman–Crippen LogP) is 3.49. The van der Waals surface area contributed by atoms with E-state index in [9.17, 15) is 5.11 Å². The molecule has 0 aliphatic carbocycles. The van der Waals surface area contributed by atoms with E-state index in [2.05, 4.69) is 52.1 Å². The van der Waals surface area contributed by atoms with E-state index in [4.69, 9.17) is 0 Å². The lowest BCUT2D eigenvalue weighted by Gasteiger charge is -2.04. The number of phenols is 1. The number of alkyl halides is 1. The molecular formula is C8H8I2O. The average molecular weight is 374 g/mol. The fourth-order valence-corrected chi connectivity index (χ4v) is 1.70. The van der Waals surface area contributed by atoms with Gasteiger partial charge in [-0.2, -0.15) is 0 Å². The highest BCUT2D eigenvalue weighted by molar-refractivity contribution is 14.1. The Balaban J connectivity index is 3.05. The van der Waals surface area contributed by atoms with Crippen LogP contribution < -0.4 is 0 Å². The zero-order valence-corrected chi connectivity index (χ0v) is 10.3. The molecule has 1 aromatic rings. The molecule has 0 saturated carbocycles. The Hall–Kier alpha value is 0.480. The van der Waals surface area contributed by atoms with Crippen LogP contribution in [0.4, 0.5) is 0 Å². The summed E-state index contributed by atoms with van der Waals surface area (Å²) in [5.41, 5.74) is 1.26. The maximum absolute atomic E-state index is 9.22. The van der Waals surface area contributed by atoms with Crippen LogP contribution in [0.2, 0.25) is 0 Å². The SMILES string of the molecule is CC(I)c1ccc(O)c(I)c1. The van der Waals surface area contributed by atoms with Crippen molar-refractivity contribution in [2.24, 2.45) is 0 Å². The Bertz CT molecular complexity index is 258. The van der Waals surface area contributed by atoms with Crippen molar-refractivity contribution in [2.75, 3.05) is 0 Å². The summed E-state index contributed by atoms with van der Waals surface area (Å²) < 4.78 is 1.42. The third kappa shape index (κ3) is 2.47. The summed E-state index contributed by atoms with van der Waals surface area (Å²) in [6, 6.07) is 5.70. The minimum atomic E-state index is 0.367. The standard InChI is InChI=1S/C8H8I2O/c1-5(9)6-2-3-8(11)7(10)4-6/h2-5,11H,1H3. The van der Waals surface area contributed by atoms with Crippen LogP contribution in [0.25, 0.3) is 0 Å². The molecule has 0 aliphatic rings. The number of hydrogen-bond donors (Lipinski definition) is 1. The highest BCUT2D eigenvalue weighted by atomic mass is 127. The number of aromatic hydroxyl groups is 1. The molecule has 0 heterocycles. The van der Waals surface area contributed by atoms with E-state index < -0.39 is 0 Å². The van der Waals surface area contributed by atoms with Gasteiger partial charge in [0.05, 0.1) is 3.57 Å². The molecule has 0 saturated heterocycles. The van der Waals surface area contributed by atoms with Gasteiger partial charge in [-0.15, -0.1) is 0 Å². The van der Waals surface area contributed by atoms with Gasteiger partial charge in [-0.3, -0.25) is 0 Å². The van der Waals surface area contributed by atoms with E-state index in [1.807, 2.05) is 12.1 Å². The van der Waals surface area contributed by atoms with Crippen molar-refractivity contribution in [1.82, 2.24) is 0 Å². The van der Waals surface area contributed by atoms with Crippen molar-refractivity contribution in [3.05, 3.63) is 27.3 Å². The molecule has 1 aromatic carbocycles. The van der Waals surface area contributed by atoms with Crippen LogP contribution in [-0.2, 0) is 0 Å². The molecule has 0 aliphatic heterocycles.